The Morgan fingerprint density at radius 3 is 2.86 bits per heavy atom. The van der Waals surface area contributed by atoms with E-state index in [9.17, 15) is 5.11 Å². The maximum atomic E-state index is 9.74. The van der Waals surface area contributed by atoms with E-state index >= 15 is 0 Å². The molecule has 2 aromatic rings. The van der Waals surface area contributed by atoms with Crippen molar-refractivity contribution in [3.05, 3.63) is 36.1 Å². The zero-order chi connectivity index (χ0) is 15.3. The van der Waals surface area contributed by atoms with Gasteiger partial charge in [-0.1, -0.05) is 23.4 Å². The van der Waals surface area contributed by atoms with E-state index in [4.69, 9.17) is 9.25 Å². The number of rotatable bonds is 6. The molecule has 0 aliphatic heterocycles. The van der Waals surface area contributed by atoms with Crippen molar-refractivity contribution >= 4 is 17.2 Å². The highest BCUT2D eigenvalue weighted by Gasteiger charge is 2.12. The third kappa shape index (κ3) is 5.21. The molecule has 114 valence electrons. The van der Waals surface area contributed by atoms with Crippen LogP contribution < -0.4 is 5.32 Å². The van der Waals surface area contributed by atoms with E-state index in [1.807, 2.05) is 51.1 Å². The number of oxime groups is 1. The van der Waals surface area contributed by atoms with Gasteiger partial charge in [0, 0.05) is 17.5 Å². The molecule has 0 fully saturated rings. The van der Waals surface area contributed by atoms with Gasteiger partial charge < -0.3 is 19.7 Å². The molecule has 2 rings (SSSR count). The Kier molecular flexibility index (Phi) is 4.98. The van der Waals surface area contributed by atoms with E-state index in [0.29, 0.717) is 12.3 Å². The van der Waals surface area contributed by atoms with Crippen LogP contribution in [0.15, 0.2) is 39.9 Å². The molecular weight excluding hydrogens is 268 g/mol. The van der Waals surface area contributed by atoms with Crippen molar-refractivity contribution in [1.29, 1.82) is 0 Å². The second-order valence-electron chi connectivity index (χ2n) is 6.00. The maximum absolute atomic E-state index is 9.74. The molecule has 1 aromatic heterocycles. The lowest BCUT2D eigenvalue weighted by Crippen LogP contribution is -2.42. The lowest BCUT2D eigenvalue weighted by molar-refractivity contribution is 0.0378. The smallest absolute Gasteiger partial charge is 0.149 e. The molecule has 0 bridgehead atoms. The average molecular weight is 290 g/mol. The first kappa shape index (κ1) is 15.5. The summed E-state index contributed by atoms with van der Waals surface area (Å²) >= 11 is 0. The van der Waals surface area contributed by atoms with Crippen LogP contribution >= 0.6 is 0 Å². The number of aliphatic hydroxyl groups is 1. The van der Waals surface area contributed by atoms with Crippen LogP contribution in [0.4, 0.5) is 0 Å². The summed E-state index contributed by atoms with van der Waals surface area (Å²) in [6, 6.07) is 9.63. The van der Waals surface area contributed by atoms with E-state index in [0.717, 1.165) is 11.0 Å². The molecule has 0 radical (unpaired) electrons. The van der Waals surface area contributed by atoms with Gasteiger partial charge in [-0.3, -0.25) is 0 Å². The predicted molar refractivity (Wildman–Crippen MR) is 83.5 cm³/mol. The second kappa shape index (κ2) is 6.74. The Bertz CT molecular complexity index is 566. The van der Waals surface area contributed by atoms with Gasteiger partial charge in [0.25, 0.3) is 0 Å². The van der Waals surface area contributed by atoms with Crippen molar-refractivity contribution in [3.63, 3.8) is 0 Å². The number of hydrogen-bond donors (Lipinski definition) is 2. The molecule has 0 aliphatic rings. The van der Waals surface area contributed by atoms with Crippen LogP contribution in [0, 0.1) is 0 Å². The van der Waals surface area contributed by atoms with Crippen molar-refractivity contribution in [2.45, 2.75) is 32.4 Å². The lowest BCUT2D eigenvalue weighted by atomic mass is 10.1. The van der Waals surface area contributed by atoms with Crippen molar-refractivity contribution in [3.8, 4) is 0 Å². The molecule has 0 aliphatic carbocycles. The third-order valence-corrected chi connectivity index (χ3v) is 2.83. The van der Waals surface area contributed by atoms with E-state index in [2.05, 4.69) is 10.5 Å². The van der Waals surface area contributed by atoms with E-state index in [-0.39, 0.29) is 12.1 Å². The zero-order valence-corrected chi connectivity index (χ0v) is 12.7. The molecule has 1 atom stereocenters. The first-order valence-electron chi connectivity index (χ1n) is 7.01. The van der Waals surface area contributed by atoms with Crippen LogP contribution in [-0.4, -0.2) is 36.1 Å². The maximum Gasteiger partial charge on any atom is 0.149 e. The fraction of sp³-hybridized carbons (Fsp3) is 0.438. The van der Waals surface area contributed by atoms with Gasteiger partial charge in [-0.2, -0.15) is 0 Å². The van der Waals surface area contributed by atoms with Gasteiger partial charge in [-0.15, -0.1) is 0 Å². The van der Waals surface area contributed by atoms with Gasteiger partial charge in [0.2, 0.25) is 0 Å². The molecule has 21 heavy (non-hydrogen) atoms. The van der Waals surface area contributed by atoms with E-state index in [1.54, 1.807) is 0 Å². The minimum absolute atomic E-state index is 0.0292. The normalized spacial score (nSPS) is 13.9. The standard InChI is InChI=1S/C16H22N2O3/c1-16(2,3)17-9-13(19)11-20-18-10-14-8-12-6-4-5-7-15(12)21-14/h4-8,10,13,17,19H,9,11H2,1-3H3/b18-10+. The molecule has 1 aromatic carbocycles. The largest absolute Gasteiger partial charge is 0.455 e. The molecule has 0 saturated heterocycles. The number of β-amino-alcohol motifs (C(OH)–C–C–N with tert-alkyl or cyclic N) is 1. The van der Waals surface area contributed by atoms with Gasteiger partial charge in [0.15, 0.2) is 0 Å². The fourth-order valence-corrected chi connectivity index (χ4v) is 1.77. The molecule has 0 amide bonds. The Morgan fingerprint density at radius 2 is 2.14 bits per heavy atom. The van der Waals surface area contributed by atoms with Crippen molar-refractivity contribution in [1.82, 2.24) is 5.32 Å². The highest BCUT2D eigenvalue weighted by molar-refractivity contribution is 5.86. The van der Waals surface area contributed by atoms with Gasteiger partial charge in [-0.25, -0.2) is 0 Å². The SMILES string of the molecule is CC(C)(C)NCC(O)CO/N=C/c1cc2ccccc2o1. The molecule has 0 spiro atoms. The highest BCUT2D eigenvalue weighted by atomic mass is 16.6. The number of para-hydroxylation sites is 1. The van der Waals surface area contributed by atoms with Crippen LogP contribution in [0.3, 0.4) is 0 Å². The highest BCUT2D eigenvalue weighted by Crippen LogP contribution is 2.17. The lowest BCUT2D eigenvalue weighted by Gasteiger charge is -2.22. The summed E-state index contributed by atoms with van der Waals surface area (Å²) in [4.78, 5) is 5.08. The monoisotopic (exact) mass is 290 g/mol. The number of hydrogen-bond acceptors (Lipinski definition) is 5. The minimum atomic E-state index is -0.600. The fourth-order valence-electron chi connectivity index (χ4n) is 1.77. The number of aliphatic hydroxyl groups excluding tert-OH is 1. The van der Waals surface area contributed by atoms with E-state index in [1.165, 1.54) is 6.21 Å². The zero-order valence-electron chi connectivity index (χ0n) is 12.7. The van der Waals surface area contributed by atoms with Crippen LogP contribution in [0.2, 0.25) is 0 Å². The topological polar surface area (TPSA) is 67.0 Å². The summed E-state index contributed by atoms with van der Waals surface area (Å²) in [7, 11) is 0. The first-order chi connectivity index (χ1) is 9.94. The quantitative estimate of drug-likeness (QED) is 0.634. The van der Waals surface area contributed by atoms with Gasteiger partial charge in [-0.05, 0) is 32.9 Å². The summed E-state index contributed by atoms with van der Waals surface area (Å²) in [5.41, 5.74) is 0.784. The molecule has 2 N–H and O–H groups in total. The molecular formula is C16H22N2O3. The Labute approximate surface area is 124 Å². The summed E-state index contributed by atoms with van der Waals surface area (Å²) in [6.45, 7) is 6.73. The summed E-state index contributed by atoms with van der Waals surface area (Å²) < 4.78 is 5.56. The second-order valence-corrected chi connectivity index (χ2v) is 6.00. The number of furan rings is 1. The Morgan fingerprint density at radius 1 is 1.38 bits per heavy atom. The summed E-state index contributed by atoms with van der Waals surface area (Å²) in [6.07, 6.45) is 0.904. The van der Waals surface area contributed by atoms with Crippen LogP contribution in [0.1, 0.15) is 26.5 Å². The van der Waals surface area contributed by atoms with Gasteiger partial charge in [0.1, 0.15) is 30.3 Å². The van der Waals surface area contributed by atoms with Crippen LogP contribution in [0.25, 0.3) is 11.0 Å². The summed E-state index contributed by atoms with van der Waals surface area (Å²) in [5.74, 6) is 0.624. The molecule has 1 heterocycles. The average Bonchev–Trinajstić information content (AvgIpc) is 2.83. The molecule has 5 nitrogen and oxygen atoms in total. The molecule has 0 saturated carbocycles. The Balaban J connectivity index is 1.77. The van der Waals surface area contributed by atoms with Crippen molar-refractivity contribution in [2.75, 3.05) is 13.2 Å². The number of nitrogens with one attached hydrogen (secondary N) is 1. The Hall–Kier alpha value is -1.85. The number of fused-ring (bicyclic) bond motifs is 1. The van der Waals surface area contributed by atoms with Crippen LogP contribution in [0.5, 0.6) is 0 Å². The van der Waals surface area contributed by atoms with Crippen molar-refractivity contribution < 1.29 is 14.4 Å². The number of benzene rings is 1. The minimum Gasteiger partial charge on any atom is -0.455 e. The third-order valence-electron chi connectivity index (χ3n) is 2.83. The van der Waals surface area contributed by atoms with Crippen molar-refractivity contribution in [2.24, 2.45) is 5.16 Å². The number of nitrogens with zero attached hydrogens (tertiary/aromatic N) is 1. The van der Waals surface area contributed by atoms with Gasteiger partial charge in [0.05, 0.1) is 0 Å². The van der Waals surface area contributed by atoms with Crippen LogP contribution in [-0.2, 0) is 4.84 Å². The predicted octanol–water partition coefficient (Wildman–Crippen LogP) is 2.53. The van der Waals surface area contributed by atoms with E-state index < -0.39 is 6.10 Å². The first-order valence-corrected chi connectivity index (χ1v) is 7.01. The molecule has 1 unspecified atom stereocenters. The van der Waals surface area contributed by atoms with Gasteiger partial charge >= 0.3 is 0 Å². The summed E-state index contributed by atoms with van der Waals surface area (Å²) in [5, 5.41) is 17.8. The molecule has 5 heteroatoms.